The van der Waals surface area contributed by atoms with Gasteiger partial charge in [0, 0.05) is 12.1 Å². The Labute approximate surface area is 122 Å². The molecule has 0 saturated heterocycles. The lowest BCUT2D eigenvalue weighted by atomic mass is 10.1. The molecule has 2 aromatic rings. The molecule has 0 saturated carbocycles. The van der Waals surface area contributed by atoms with Crippen molar-refractivity contribution in [1.29, 1.82) is 0 Å². The summed E-state index contributed by atoms with van der Waals surface area (Å²) >= 11 is 5.90. The van der Waals surface area contributed by atoms with Crippen LogP contribution in [0.4, 0.5) is 11.4 Å². The van der Waals surface area contributed by atoms with Gasteiger partial charge in [0.25, 0.3) is 5.91 Å². The molecular formula is C15H15ClN2O2. The van der Waals surface area contributed by atoms with E-state index in [4.69, 9.17) is 22.1 Å². The number of carbonyl (C=O) groups excluding carboxylic acids is 1. The number of nitrogens with two attached hydrogens (primary N) is 1. The van der Waals surface area contributed by atoms with Crippen molar-refractivity contribution in [2.45, 2.75) is 0 Å². The standard InChI is InChI=1S/C15H15ClN2O2/c1-18(13-6-4-3-5-12(13)17)15(19)11-8-7-10(16)9-14(11)20-2/h3-9H,17H2,1-2H3. The average Bonchev–Trinajstić information content (AvgIpc) is 2.46. The van der Waals surface area contributed by atoms with Gasteiger partial charge in [-0.25, -0.2) is 0 Å². The summed E-state index contributed by atoms with van der Waals surface area (Å²) in [7, 11) is 3.17. The minimum atomic E-state index is -0.212. The van der Waals surface area contributed by atoms with E-state index >= 15 is 0 Å². The third-order valence-electron chi connectivity index (χ3n) is 3.00. The van der Waals surface area contributed by atoms with E-state index in [1.165, 1.54) is 12.0 Å². The predicted octanol–water partition coefficient (Wildman–Crippen LogP) is 3.21. The van der Waals surface area contributed by atoms with E-state index in [1.54, 1.807) is 37.4 Å². The fourth-order valence-corrected chi connectivity index (χ4v) is 2.09. The number of hydrogen-bond donors (Lipinski definition) is 1. The zero-order chi connectivity index (χ0) is 14.7. The van der Waals surface area contributed by atoms with E-state index < -0.39 is 0 Å². The van der Waals surface area contributed by atoms with Gasteiger partial charge in [0.2, 0.25) is 0 Å². The van der Waals surface area contributed by atoms with Gasteiger partial charge >= 0.3 is 0 Å². The molecule has 2 aromatic carbocycles. The molecule has 0 radical (unpaired) electrons. The molecule has 0 aliphatic carbocycles. The molecular weight excluding hydrogens is 276 g/mol. The predicted molar refractivity (Wildman–Crippen MR) is 81.6 cm³/mol. The molecule has 5 heteroatoms. The highest BCUT2D eigenvalue weighted by molar-refractivity contribution is 6.31. The molecule has 0 heterocycles. The van der Waals surface area contributed by atoms with Gasteiger partial charge < -0.3 is 15.4 Å². The normalized spacial score (nSPS) is 10.2. The quantitative estimate of drug-likeness (QED) is 0.883. The van der Waals surface area contributed by atoms with Crippen LogP contribution in [0.2, 0.25) is 5.02 Å². The average molecular weight is 291 g/mol. The molecule has 2 N–H and O–H groups in total. The maximum atomic E-state index is 12.5. The Morgan fingerprint density at radius 3 is 2.60 bits per heavy atom. The van der Waals surface area contributed by atoms with Crippen LogP contribution in [0.15, 0.2) is 42.5 Å². The number of ether oxygens (including phenoxy) is 1. The van der Waals surface area contributed by atoms with Crippen molar-refractivity contribution in [3.8, 4) is 5.75 Å². The fraction of sp³-hybridized carbons (Fsp3) is 0.133. The topological polar surface area (TPSA) is 55.6 Å². The van der Waals surface area contributed by atoms with Crippen molar-refractivity contribution in [2.24, 2.45) is 0 Å². The van der Waals surface area contributed by atoms with Gasteiger partial charge in [-0.2, -0.15) is 0 Å². The SMILES string of the molecule is COc1cc(Cl)ccc1C(=O)N(C)c1ccccc1N. The summed E-state index contributed by atoms with van der Waals surface area (Å²) in [6.07, 6.45) is 0. The van der Waals surface area contributed by atoms with Crippen LogP contribution in [0.25, 0.3) is 0 Å². The van der Waals surface area contributed by atoms with Gasteiger partial charge in [0.15, 0.2) is 0 Å². The monoisotopic (exact) mass is 290 g/mol. The van der Waals surface area contributed by atoms with Crippen LogP contribution in [0.3, 0.4) is 0 Å². The van der Waals surface area contributed by atoms with E-state index in [0.29, 0.717) is 27.7 Å². The van der Waals surface area contributed by atoms with Gasteiger partial charge in [-0.15, -0.1) is 0 Å². The Balaban J connectivity index is 2.39. The third-order valence-corrected chi connectivity index (χ3v) is 3.23. The molecule has 104 valence electrons. The number of benzene rings is 2. The van der Waals surface area contributed by atoms with Crippen LogP contribution >= 0.6 is 11.6 Å². The maximum Gasteiger partial charge on any atom is 0.261 e. The first-order chi connectivity index (χ1) is 9.54. The second-order valence-corrected chi connectivity index (χ2v) is 4.70. The van der Waals surface area contributed by atoms with Gasteiger partial charge in [0.05, 0.1) is 24.0 Å². The van der Waals surface area contributed by atoms with Crippen molar-refractivity contribution in [3.63, 3.8) is 0 Å². The molecule has 0 aliphatic rings. The van der Waals surface area contributed by atoms with Crippen LogP contribution in [-0.4, -0.2) is 20.1 Å². The van der Waals surface area contributed by atoms with Crippen molar-refractivity contribution < 1.29 is 9.53 Å². The van der Waals surface area contributed by atoms with E-state index in [0.717, 1.165) is 0 Å². The largest absolute Gasteiger partial charge is 0.496 e. The molecule has 0 fully saturated rings. The number of amides is 1. The summed E-state index contributed by atoms with van der Waals surface area (Å²) in [5.74, 6) is 0.222. The molecule has 0 bridgehead atoms. The molecule has 4 nitrogen and oxygen atoms in total. The summed E-state index contributed by atoms with van der Waals surface area (Å²) < 4.78 is 5.20. The first-order valence-corrected chi connectivity index (χ1v) is 6.38. The first-order valence-electron chi connectivity index (χ1n) is 6.00. The highest BCUT2D eigenvalue weighted by atomic mass is 35.5. The Morgan fingerprint density at radius 1 is 1.25 bits per heavy atom. The third kappa shape index (κ3) is 2.70. The van der Waals surface area contributed by atoms with Gasteiger partial charge in [-0.3, -0.25) is 4.79 Å². The molecule has 0 atom stereocenters. The minimum Gasteiger partial charge on any atom is -0.496 e. The number of anilines is 2. The number of para-hydroxylation sites is 2. The summed E-state index contributed by atoms with van der Waals surface area (Å²) in [6.45, 7) is 0. The minimum absolute atomic E-state index is 0.212. The number of nitrogens with zero attached hydrogens (tertiary/aromatic N) is 1. The Bertz CT molecular complexity index is 644. The zero-order valence-corrected chi connectivity index (χ0v) is 12.0. The molecule has 2 rings (SSSR count). The smallest absolute Gasteiger partial charge is 0.261 e. The van der Waals surface area contributed by atoms with E-state index in [1.807, 2.05) is 12.1 Å². The highest BCUT2D eigenvalue weighted by Crippen LogP contribution is 2.28. The van der Waals surface area contributed by atoms with Crippen molar-refractivity contribution in [2.75, 3.05) is 24.8 Å². The van der Waals surface area contributed by atoms with Gasteiger partial charge in [-0.05, 0) is 30.3 Å². The lowest BCUT2D eigenvalue weighted by Crippen LogP contribution is -2.27. The molecule has 0 aliphatic heterocycles. The number of nitrogen functional groups attached to an aromatic ring is 1. The summed E-state index contributed by atoms with van der Waals surface area (Å²) in [4.78, 5) is 14.0. The molecule has 20 heavy (non-hydrogen) atoms. The van der Waals surface area contributed by atoms with Crippen LogP contribution in [-0.2, 0) is 0 Å². The van der Waals surface area contributed by atoms with Crippen LogP contribution in [0.1, 0.15) is 10.4 Å². The number of halogens is 1. The number of carbonyl (C=O) groups is 1. The van der Waals surface area contributed by atoms with Crippen LogP contribution in [0.5, 0.6) is 5.75 Å². The van der Waals surface area contributed by atoms with E-state index in [-0.39, 0.29) is 5.91 Å². The second kappa shape index (κ2) is 5.84. The fourth-order valence-electron chi connectivity index (χ4n) is 1.92. The molecule has 0 unspecified atom stereocenters. The van der Waals surface area contributed by atoms with E-state index in [9.17, 15) is 4.79 Å². The zero-order valence-electron chi connectivity index (χ0n) is 11.3. The van der Waals surface area contributed by atoms with Gasteiger partial charge in [0.1, 0.15) is 5.75 Å². The summed E-state index contributed by atoms with van der Waals surface area (Å²) in [5.41, 5.74) is 7.50. The van der Waals surface area contributed by atoms with E-state index in [2.05, 4.69) is 0 Å². The van der Waals surface area contributed by atoms with Crippen molar-refractivity contribution >= 4 is 28.9 Å². The lowest BCUT2D eigenvalue weighted by Gasteiger charge is -2.20. The lowest BCUT2D eigenvalue weighted by molar-refractivity contribution is 0.0990. The number of rotatable bonds is 3. The Kier molecular flexibility index (Phi) is 4.15. The van der Waals surface area contributed by atoms with Crippen molar-refractivity contribution in [1.82, 2.24) is 0 Å². The number of methoxy groups -OCH3 is 1. The molecule has 0 spiro atoms. The molecule has 0 aromatic heterocycles. The van der Waals surface area contributed by atoms with Crippen molar-refractivity contribution in [3.05, 3.63) is 53.1 Å². The summed E-state index contributed by atoms with van der Waals surface area (Å²) in [5, 5.41) is 0.514. The summed E-state index contributed by atoms with van der Waals surface area (Å²) in [6, 6.07) is 12.1. The number of hydrogen-bond acceptors (Lipinski definition) is 3. The molecule has 1 amide bonds. The Hall–Kier alpha value is -2.20. The highest BCUT2D eigenvalue weighted by Gasteiger charge is 2.19. The van der Waals surface area contributed by atoms with Crippen LogP contribution in [0, 0.1) is 0 Å². The second-order valence-electron chi connectivity index (χ2n) is 4.27. The van der Waals surface area contributed by atoms with Crippen LogP contribution < -0.4 is 15.4 Å². The maximum absolute atomic E-state index is 12.5. The van der Waals surface area contributed by atoms with Gasteiger partial charge in [-0.1, -0.05) is 23.7 Å². The Morgan fingerprint density at radius 2 is 1.95 bits per heavy atom. The first kappa shape index (κ1) is 14.2.